The Kier molecular flexibility index (Phi) is 5.48. The first-order valence-corrected chi connectivity index (χ1v) is 8.91. The minimum atomic E-state index is 0.0849. The molecule has 1 aromatic carbocycles. The molecule has 2 heterocycles. The van der Waals surface area contributed by atoms with Crippen LogP contribution in [0.4, 0.5) is 0 Å². The van der Waals surface area contributed by atoms with Gasteiger partial charge in [0.05, 0.1) is 6.04 Å². The minimum Gasteiger partial charge on any atom is -0.424 e. The zero-order valence-electron chi connectivity index (χ0n) is 15.2. The third kappa shape index (κ3) is 4.25. The van der Waals surface area contributed by atoms with Crippen LogP contribution < -0.4 is 0 Å². The predicted molar refractivity (Wildman–Crippen MR) is 95.1 cm³/mol. The second-order valence-corrected chi connectivity index (χ2v) is 6.77. The number of hydrogen-bond acceptors (Lipinski definition) is 5. The van der Waals surface area contributed by atoms with Crippen molar-refractivity contribution in [3.63, 3.8) is 0 Å². The molecular formula is C19H26N4O2. The van der Waals surface area contributed by atoms with Gasteiger partial charge in [0, 0.05) is 39.5 Å². The van der Waals surface area contributed by atoms with Crippen LogP contribution in [0.3, 0.4) is 0 Å². The second kappa shape index (κ2) is 7.78. The van der Waals surface area contributed by atoms with Crippen LogP contribution in [0, 0.1) is 6.92 Å². The number of rotatable bonds is 5. The molecule has 1 fully saturated rings. The van der Waals surface area contributed by atoms with Gasteiger partial charge in [-0.2, -0.15) is 0 Å². The smallest absolute Gasteiger partial charge is 0.233 e. The molecule has 6 heteroatoms. The topological polar surface area (TPSA) is 62.5 Å². The molecule has 2 aromatic rings. The molecule has 134 valence electrons. The summed E-state index contributed by atoms with van der Waals surface area (Å²) in [5, 5.41) is 8.01. The maximum atomic E-state index is 12.6. The van der Waals surface area contributed by atoms with Gasteiger partial charge in [0.1, 0.15) is 0 Å². The van der Waals surface area contributed by atoms with Crippen molar-refractivity contribution in [1.29, 1.82) is 0 Å². The van der Waals surface area contributed by atoms with Crippen molar-refractivity contribution in [2.45, 2.75) is 39.2 Å². The normalized spacial score (nSPS) is 18.1. The average molecular weight is 342 g/mol. The molecule has 2 atom stereocenters. The lowest BCUT2D eigenvalue weighted by Gasteiger charge is -2.37. The highest BCUT2D eigenvalue weighted by Gasteiger charge is 2.27. The summed E-state index contributed by atoms with van der Waals surface area (Å²) < 4.78 is 5.53. The predicted octanol–water partition coefficient (Wildman–Crippen LogP) is 2.78. The zero-order chi connectivity index (χ0) is 17.8. The van der Waals surface area contributed by atoms with Crippen LogP contribution in [-0.2, 0) is 4.79 Å². The molecule has 1 aliphatic heterocycles. The Bertz CT molecular complexity index is 692. The van der Waals surface area contributed by atoms with Gasteiger partial charge in [-0.1, -0.05) is 37.3 Å². The van der Waals surface area contributed by atoms with Crippen LogP contribution in [0.1, 0.15) is 49.6 Å². The second-order valence-electron chi connectivity index (χ2n) is 6.77. The maximum Gasteiger partial charge on any atom is 0.233 e. The van der Waals surface area contributed by atoms with Crippen molar-refractivity contribution in [2.75, 3.05) is 26.2 Å². The van der Waals surface area contributed by atoms with E-state index in [2.05, 4.69) is 41.1 Å². The highest BCUT2D eigenvalue weighted by Crippen LogP contribution is 2.23. The fraction of sp³-hybridized carbons (Fsp3) is 0.526. The molecule has 0 aliphatic carbocycles. The molecule has 1 aliphatic rings. The van der Waals surface area contributed by atoms with E-state index in [1.165, 1.54) is 5.56 Å². The molecule has 3 rings (SSSR count). The van der Waals surface area contributed by atoms with E-state index in [-0.39, 0.29) is 17.9 Å². The first kappa shape index (κ1) is 17.6. The number of hydrogen-bond donors (Lipinski definition) is 0. The van der Waals surface area contributed by atoms with Gasteiger partial charge in [0.2, 0.25) is 17.7 Å². The number of nitrogens with zero attached hydrogens (tertiary/aromatic N) is 4. The minimum absolute atomic E-state index is 0.0849. The van der Waals surface area contributed by atoms with E-state index in [0.29, 0.717) is 18.2 Å². The van der Waals surface area contributed by atoms with Gasteiger partial charge in [-0.3, -0.25) is 9.69 Å². The van der Waals surface area contributed by atoms with Crippen LogP contribution in [0.25, 0.3) is 0 Å². The van der Waals surface area contributed by atoms with Crippen molar-refractivity contribution in [3.8, 4) is 0 Å². The highest BCUT2D eigenvalue weighted by molar-refractivity contribution is 5.77. The Morgan fingerprint density at radius 1 is 1.12 bits per heavy atom. The molecule has 1 aromatic heterocycles. The van der Waals surface area contributed by atoms with Crippen molar-refractivity contribution >= 4 is 5.91 Å². The summed E-state index contributed by atoms with van der Waals surface area (Å²) in [6.45, 7) is 9.14. The van der Waals surface area contributed by atoms with E-state index in [1.54, 1.807) is 6.92 Å². The Morgan fingerprint density at radius 2 is 1.80 bits per heavy atom. The van der Waals surface area contributed by atoms with E-state index in [0.717, 1.165) is 26.2 Å². The fourth-order valence-corrected chi connectivity index (χ4v) is 3.29. The lowest BCUT2D eigenvalue weighted by atomic mass is 9.97. The molecule has 1 amide bonds. The maximum absolute atomic E-state index is 12.6. The van der Waals surface area contributed by atoms with Crippen molar-refractivity contribution < 1.29 is 9.21 Å². The van der Waals surface area contributed by atoms with Crippen LogP contribution in [0.5, 0.6) is 0 Å². The van der Waals surface area contributed by atoms with Gasteiger partial charge in [0.15, 0.2) is 0 Å². The highest BCUT2D eigenvalue weighted by atomic mass is 16.4. The van der Waals surface area contributed by atoms with Crippen LogP contribution in [0.15, 0.2) is 34.7 Å². The summed E-state index contributed by atoms with van der Waals surface area (Å²) in [7, 11) is 0. The zero-order valence-corrected chi connectivity index (χ0v) is 15.2. The summed E-state index contributed by atoms with van der Waals surface area (Å²) in [6, 6.07) is 10.3. The summed E-state index contributed by atoms with van der Waals surface area (Å²) in [4.78, 5) is 16.9. The lowest BCUT2D eigenvalue weighted by molar-refractivity contribution is -0.133. The summed E-state index contributed by atoms with van der Waals surface area (Å²) in [6.07, 6.45) is 0.558. The number of amides is 1. The number of aryl methyl sites for hydroxylation is 1. The Labute approximate surface area is 148 Å². The van der Waals surface area contributed by atoms with E-state index in [9.17, 15) is 4.79 Å². The number of piperazine rings is 1. The molecular weight excluding hydrogens is 316 g/mol. The molecule has 0 radical (unpaired) electrons. The molecule has 0 bridgehead atoms. The Hall–Kier alpha value is -2.21. The quantitative estimate of drug-likeness (QED) is 0.836. The molecule has 0 unspecified atom stereocenters. The SMILES string of the molecule is Cc1nnc([C@@H](C)N2CCN(C(=O)C[C@@H](C)c3ccccc3)CC2)o1. The number of carbonyl (C=O) groups excluding carboxylic acids is 1. The fourth-order valence-electron chi connectivity index (χ4n) is 3.29. The lowest BCUT2D eigenvalue weighted by Crippen LogP contribution is -2.49. The first-order valence-electron chi connectivity index (χ1n) is 8.91. The molecule has 0 spiro atoms. The third-order valence-corrected chi connectivity index (χ3v) is 4.96. The van der Waals surface area contributed by atoms with Gasteiger partial charge >= 0.3 is 0 Å². The molecule has 0 saturated carbocycles. The molecule has 6 nitrogen and oxygen atoms in total. The van der Waals surface area contributed by atoms with Crippen molar-refractivity contribution in [2.24, 2.45) is 0 Å². The summed E-state index contributed by atoms with van der Waals surface area (Å²) >= 11 is 0. The summed E-state index contributed by atoms with van der Waals surface area (Å²) in [5.41, 5.74) is 1.22. The summed E-state index contributed by atoms with van der Waals surface area (Å²) in [5.74, 6) is 1.71. The van der Waals surface area contributed by atoms with E-state index < -0.39 is 0 Å². The average Bonchev–Trinajstić information content (AvgIpc) is 3.08. The van der Waals surface area contributed by atoms with Crippen molar-refractivity contribution in [1.82, 2.24) is 20.0 Å². The number of aromatic nitrogens is 2. The van der Waals surface area contributed by atoms with Gasteiger partial charge in [-0.15, -0.1) is 10.2 Å². The molecule has 25 heavy (non-hydrogen) atoms. The van der Waals surface area contributed by atoms with Crippen LogP contribution >= 0.6 is 0 Å². The molecule has 0 N–H and O–H groups in total. The van der Waals surface area contributed by atoms with Crippen molar-refractivity contribution in [3.05, 3.63) is 47.7 Å². The van der Waals surface area contributed by atoms with Gasteiger partial charge < -0.3 is 9.32 Å². The van der Waals surface area contributed by atoms with Crippen LogP contribution in [0.2, 0.25) is 0 Å². The van der Waals surface area contributed by atoms with Gasteiger partial charge in [-0.05, 0) is 18.4 Å². The number of carbonyl (C=O) groups is 1. The van der Waals surface area contributed by atoms with E-state index in [1.807, 2.05) is 23.1 Å². The Balaban J connectivity index is 1.51. The van der Waals surface area contributed by atoms with Crippen LogP contribution in [-0.4, -0.2) is 52.1 Å². The first-order chi connectivity index (χ1) is 12.0. The number of benzene rings is 1. The largest absolute Gasteiger partial charge is 0.424 e. The van der Waals surface area contributed by atoms with Gasteiger partial charge in [0.25, 0.3) is 0 Å². The molecule has 1 saturated heterocycles. The van der Waals surface area contributed by atoms with Gasteiger partial charge in [-0.25, -0.2) is 0 Å². The Morgan fingerprint density at radius 3 is 2.40 bits per heavy atom. The monoisotopic (exact) mass is 342 g/mol. The standard InChI is InChI=1S/C19H26N4O2/c1-14(17-7-5-4-6-8-17)13-18(24)23-11-9-22(10-12-23)15(2)19-21-20-16(3)25-19/h4-8,14-15H,9-13H2,1-3H3/t14-,15-/m1/s1. The third-order valence-electron chi connectivity index (χ3n) is 4.96. The van der Waals surface area contributed by atoms with E-state index in [4.69, 9.17) is 4.42 Å². The van der Waals surface area contributed by atoms with E-state index >= 15 is 0 Å².